The quantitative estimate of drug-likeness (QED) is 0.748. The molecule has 1 atom stereocenters. The molecule has 0 saturated heterocycles. The molecule has 2 heterocycles. The van der Waals surface area contributed by atoms with Crippen molar-refractivity contribution in [1.82, 2.24) is 0 Å². The summed E-state index contributed by atoms with van der Waals surface area (Å²) in [4.78, 5) is 14.9. The van der Waals surface area contributed by atoms with Crippen LogP contribution in [0, 0.1) is 0 Å². The van der Waals surface area contributed by atoms with Crippen molar-refractivity contribution in [3.05, 3.63) is 59.9 Å². The van der Waals surface area contributed by atoms with Gasteiger partial charge in [-0.3, -0.25) is 4.79 Å². The molecular weight excluding hydrogens is 214 g/mol. The van der Waals surface area contributed by atoms with Crippen molar-refractivity contribution < 1.29 is 14.5 Å². The number of aromatic amines is 1. The minimum Gasteiger partial charge on any atom is -0.484 e. The zero-order valence-electron chi connectivity index (χ0n) is 9.22. The third-order valence-electron chi connectivity index (χ3n) is 2.94. The normalized spacial score (nSPS) is 18.4. The third-order valence-corrected chi connectivity index (χ3v) is 2.94. The number of pyridine rings is 1. The van der Waals surface area contributed by atoms with Gasteiger partial charge in [0.05, 0.1) is 12.0 Å². The lowest BCUT2D eigenvalue weighted by Crippen LogP contribution is -2.20. The van der Waals surface area contributed by atoms with Gasteiger partial charge in [0, 0.05) is 17.7 Å². The van der Waals surface area contributed by atoms with Gasteiger partial charge in [-0.05, 0) is 12.1 Å². The van der Waals surface area contributed by atoms with Gasteiger partial charge in [0.15, 0.2) is 18.2 Å². The van der Waals surface area contributed by atoms with E-state index in [1.807, 2.05) is 48.8 Å². The second-order valence-electron chi connectivity index (χ2n) is 4.06. The summed E-state index contributed by atoms with van der Waals surface area (Å²) in [5, 5.41) is 0. The number of hydrogen-bond donors (Lipinski definition) is 0. The predicted octanol–water partition coefficient (Wildman–Crippen LogP) is 2.21. The minimum atomic E-state index is -0.174. The lowest BCUT2D eigenvalue weighted by molar-refractivity contribution is -0.378. The van der Waals surface area contributed by atoms with Gasteiger partial charge in [0.1, 0.15) is 11.9 Å². The van der Waals surface area contributed by atoms with Crippen molar-refractivity contribution in [2.45, 2.75) is 12.5 Å². The number of Topliss-reactive ketones (excluding diaryl/α,β-unsaturated/α-hetero) is 1. The summed E-state index contributed by atoms with van der Waals surface area (Å²) >= 11 is 0. The molecular formula is C14H12NO2+. The van der Waals surface area contributed by atoms with Crippen LogP contribution in [-0.4, -0.2) is 5.78 Å². The first-order chi connectivity index (χ1) is 8.34. The Hall–Kier alpha value is -2.16. The summed E-state index contributed by atoms with van der Waals surface area (Å²) in [5.41, 5.74) is 1.71. The molecule has 0 saturated carbocycles. The summed E-state index contributed by atoms with van der Waals surface area (Å²) in [6.07, 6.45) is 3.90. The van der Waals surface area contributed by atoms with Crippen molar-refractivity contribution in [2.24, 2.45) is 0 Å². The fraction of sp³-hybridized carbons (Fsp3) is 0.143. The smallest absolute Gasteiger partial charge is 0.170 e. The van der Waals surface area contributed by atoms with Gasteiger partial charge in [-0.15, -0.1) is 0 Å². The zero-order chi connectivity index (χ0) is 11.7. The van der Waals surface area contributed by atoms with Crippen LogP contribution in [0.2, 0.25) is 0 Å². The summed E-state index contributed by atoms with van der Waals surface area (Å²) in [6, 6.07) is 11.3. The molecule has 3 nitrogen and oxygen atoms in total. The highest BCUT2D eigenvalue weighted by atomic mass is 16.5. The Labute approximate surface area is 99.1 Å². The SMILES string of the molecule is O=C1CC(c2cc[nH+]cc2)Oc2ccccc21. The number of benzene rings is 1. The highest BCUT2D eigenvalue weighted by molar-refractivity contribution is 5.99. The lowest BCUT2D eigenvalue weighted by Gasteiger charge is -2.24. The van der Waals surface area contributed by atoms with Crippen LogP contribution in [0.25, 0.3) is 0 Å². The van der Waals surface area contributed by atoms with Crippen molar-refractivity contribution in [2.75, 3.05) is 0 Å². The van der Waals surface area contributed by atoms with E-state index in [9.17, 15) is 4.79 Å². The molecule has 1 N–H and O–H groups in total. The van der Waals surface area contributed by atoms with Crippen molar-refractivity contribution in [3.8, 4) is 5.75 Å². The summed E-state index contributed by atoms with van der Waals surface area (Å²) < 4.78 is 5.85. The van der Waals surface area contributed by atoms with Crippen LogP contribution >= 0.6 is 0 Å². The van der Waals surface area contributed by atoms with Gasteiger partial charge in [0.25, 0.3) is 0 Å². The Morgan fingerprint density at radius 3 is 2.71 bits per heavy atom. The van der Waals surface area contributed by atoms with E-state index in [-0.39, 0.29) is 11.9 Å². The van der Waals surface area contributed by atoms with Crippen LogP contribution in [0.1, 0.15) is 28.4 Å². The Morgan fingerprint density at radius 2 is 1.88 bits per heavy atom. The van der Waals surface area contributed by atoms with Crippen LogP contribution in [-0.2, 0) is 0 Å². The number of carbonyl (C=O) groups is 1. The zero-order valence-corrected chi connectivity index (χ0v) is 9.22. The standard InChI is InChI=1S/C14H11NO2/c16-12-9-14(10-5-7-15-8-6-10)17-13-4-2-1-3-11(12)13/h1-8,14H,9H2/p+1. The largest absolute Gasteiger partial charge is 0.484 e. The van der Waals surface area contributed by atoms with Crippen LogP contribution in [0.4, 0.5) is 0 Å². The first-order valence-corrected chi connectivity index (χ1v) is 5.59. The summed E-state index contributed by atoms with van der Waals surface area (Å²) in [6.45, 7) is 0. The van der Waals surface area contributed by atoms with Gasteiger partial charge < -0.3 is 4.74 Å². The van der Waals surface area contributed by atoms with E-state index in [2.05, 4.69) is 4.98 Å². The predicted molar refractivity (Wildman–Crippen MR) is 61.8 cm³/mol. The number of nitrogens with one attached hydrogen (secondary N) is 1. The molecule has 2 aromatic rings. The number of rotatable bonds is 1. The molecule has 84 valence electrons. The van der Waals surface area contributed by atoms with E-state index in [4.69, 9.17) is 4.74 Å². The van der Waals surface area contributed by atoms with Crippen molar-refractivity contribution in [1.29, 1.82) is 0 Å². The number of carbonyl (C=O) groups excluding carboxylic acids is 1. The van der Waals surface area contributed by atoms with Crippen LogP contribution in [0.15, 0.2) is 48.8 Å². The maximum Gasteiger partial charge on any atom is 0.170 e. The van der Waals surface area contributed by atoms with Gasteiger partial charge in [-0.1, -0.05) is 12.1 Å². The lowest BCUT2D eigenvalue weighted by atomic mass is 9.97. The van der Waals surface area contributed by atoms with Gasteiger partial charge >= 0.3 is 0 Å². The van der Waals surface area contributed by atoms with Gasteiger partial charge in [0.2, 0.25) is 0 Å². The Morgan fingerprint density at radius 1 is 1.12 bits per heavy atom. The highest BCUT2D eigenvalue weighted by Gasteiger charge is 2.27. The highest BCUT2D eigenvalue weighted by Crippen LogP contribution is 2.34. The number of fused-ring (bicyclic) bond motifs is 1. The maximum atomic E-state index is 12.0. The first-order valence-electron chi connectivity index (χ1n) is 5.59. The van der Waals surface area contributed by atoms with Crippen molar-refractivity contribution >= 4 is 5.78 Å². The molecule has 1 aromatic carbocycles. The second-order valence-corrected chi connectivity index (χ2v) is 4.06. The number of para-hydroxylation sites is 1. The molecule has 1 aliphatic heterocycles. The summed E-state index contributed by atoms with van der Waals surface area (Å²) in [7, 11) is 0. The molecule has 1 aromatic heterocycles. The Bertz CT molecular complexity index is 551. The second kappa shape index (κ2) is 4.01. The summed E-state index contributed by atoms with van der Waals surface area (Å²) in [5.74, 6) is 0.825. The fourth-order valence-corrected chi connectivity index (χ4v) is 2.07. The van der Waals surface area contributed by atoms with E-state index in [0.717, 1.165) is 5.56 Å². The number of aromatic nitrogens is 1. The number of hydrogen-bond acceptors (Lipinski definition) is 2. The molecule has 0 fully saturated rings. The van der Waals surface area contributed by atoms with E-state index in [1.165, 1.54) is 0 Å². The average molecular weight is 226 g/mol. The van der Waals surface area contributed by atoms with Crippen LogP contribution in [0.3, 0.4) is 0 Å². The topological polar surface area (TPSA) is 40.4 Å². The molecule has 1 unspecified atom stereocenters. The molecule has 1 aliphatic rings. The van der Waals surface area contributed by atoms with Crippen LogP contribution < -0.4 is 9.72 Å². The molecule has 0 radical (unpaired) electrons. The molecule has 0 bridgehead atoms. The average Bonchev–Trinajstić information content (AvgIpc) is 2.40. The third kappa shape index (κ3) is 1.80. The molecule has 3 heteroatoms. The number of H-pyrrole nitrogens is 1. The minimum absolute atomic E-state index is 0.143. The van der Waals surface area contributed by atoms with E-state index >= 15 is 0 Å². The molecule has 0 amide bonds. The van der Waals surface area contributed by atoms with Crippen LogP contribution in [0.5, 0.6) is 5.75 Å². The van der Waals surface area contributed by atoms with E-state index < -0.39 is 0 Å². The van der Waals surface area contributed by atoms with Gasteiger partial charge in [-0.25, -0.2) is 4.98 Å². The van der Waals surface area contributed by atoms with Gasteiger partial charge in [-0.2, -0.15) is 0 Å². The van der Waals surface area contributed by atoms with E-state index in [1.54, 1.807) is 0 Å². The molecule has 3 rings (SSSR count). The van der Waals surface area contributed by atoms with Crippen molar-refractivity contribution in [3.63, 3.8) is 0 Å². The number of ketones is 1. The molecule has 0 spiro atoms. The monoisotopic (exact) mass is 226 g/mol. The maximum absolute atomic E-state index is 12.0. The Kier molecular flexibility index (Phi) is 2.37. The van der Waals surface area contributed by atoms with E-state index in [0.29, 0.717) is 17.7 Å². The first kappa shape index (κ1) is 10.0. The molecule has 17 heavy (non-hydrogen) atoms. The Balaban J connectivity index is 1.97. The number of ether oxygens (including phenoxy) is 1. The fourth-order valence-electron chi connectivity index (χ4n) is 2.07. The molecule has 0 aliphatic carbocycles.